The molecule has 3 heteroatoms. The second kappa shape index (κ2) is 11.3. The molecule has 0 aliphatic rings. The fourth-order valence-electron chi connectivity index (χ4n) is 2.84. The van der Waals surface area contributed by atoms with Crippen LogP contribution in [0.3, 0.4) is 0 Å². The molecule has 0 unspecified atom stereocenters. The largest absolute Gasteiger partial charge is 0.490 e. The minimum atomic E-state index is 0.616. The maximum atomic E-state index is 5.73. The van der Waals surface area contributed by atoms with Gasteiger partial charge in [-0.15, -0.1) is 11.3 Å². The van der Waals surface area contributed by atoms with Crippen LogP contribution in [0.2, 0.25) is 0 Å². The highest BCUT2D eigenvalue weighted by atomic mass is 32.1. The van der Waals surface area contributed by atoms with Crippen molar-refractivity contribution in [2.45, 2.75) is 26.7 Å². The van der Waals surface area contributed by atoms with Gasteiger partial charge in [0.25, 0.3) is 0 Å². The fraction of sp³-hybridized carbons (Fsp3) is 0.231. The van der Waals surface area contributed by atoms with Gasteiger partial charge >= 0.3 is 0 Å². The average Bonchev–Trinajstić information content (AvgIpc) is 3.25. The van der Waals surface area contributed by atoms with Gasteiger partial charge in [-0.25, -0.2) is 0 Å². The molecule has 0 fully saturated rings. The zero-order valence-corrected chi connectivity index (χ0v) is 18.0. The topological polar surface area (TPSA) is 18.5 Å². The van der Waals surface area contributed by atoms with Crippen molar-refractivity contribution in [1.29, 1.82) is 0 Å². The lowest BCUT2D eigenvalue weighted by atomic mass is 10.1. The number of hydrogen-bond donors (Lipinski definition) is 0. The molecule has 29 heavy (non-hydrogen) atoms. The number of rotatable bonds is 10. The van der Waals surface area contributed by atoms with Gasteiger partial charge in [-0.05, 0) is 84.6 Å². The molecule has 1 heterocycles. The maximum Gasteiger partial charge on any atom is 0.119 e. The maximum absolute atomic E-state index is 5.73. The first-order chi connectivity index (χ1) is 14.3. The third-order valence-electron chi connectivity index (χ3n) is 4.38. The molecular weight excluding hydrogens is 376 g/mol. The molecule has 3 rings (SSSR count). The molecule has 2 nitrogen and oxygen atoms in total. The summed E-state index contributed by atoms with van der Waals surface area (Å²) in [6, 6.07) is 21.0. The van der Waals surface area contributed by atoms with E-state index in [4.69, 9.17) is 9.47 Å². The highest BCUT2D eigenvalue weighted by Crippen LogP contribution is 2.35. The van der Waals surface area contributed by atoms with Crippen molar-refractivity contribution in [3.8, 4) is 32.4 Å². The molecule has 0 bridgehead atoms. The highest BCUT2D eigenvalue weighted by molar-refractivity contribution is 7.18. The van der Waals surface area contributed by atoms with Crippen molar-refractivity contribution >= 4 is 11.3 Å². The minimum absolute atomic E-state index is 0.616. The summed E-state index contributed by atoms with van der Waals surface area (Å²) in [5.41, 5.74) is 2.42. The van der Waals surface area contributed by atoms with Crippen molar-refractivity contribution in [2.75, 3.05) is 13.2 Å². The average molecular weight is 405 g/mol. The Morgan fingerprint density at radius 1 is 0.586 bits per heavy atom. The first-order valence-corrected chi connectivity index (χ1v) is 11.0. The summed E-state index contributed by atoms with van der Waals surface area (Å²) >= 11 is 1.80. The van der Waals surface area contributed by atoms with Crippen molar-refractivity contribution in [3.63, 3.8) is 0 Å². The van der Waals surface area contributed by atoms with Crippen LogP contribution in [0.25, 0.3) is 20.9 Å². The summed E-state index contributed by atoms with van der Waals surface area (Å²) in [4.78, 5) is 2.50. The van der Waals surface area contributed by atoms with Crippen molar-refractivity contribution in [1.82, 2.24) is 0 Å². The second-order valence-corrected chi connectivity index (χ2v) is 7.68. The van der Waals surface area contributed by atoms with Crippen molar-refractivity contribution in [2.24, 2.45) is 0 Å². The van der Waals surface area contributed by atoms with Gasteiger partial charge in [-0.2, -0.15) is 0 Å². The number of allylic oxidation sites excluding steroid dienone is 2. The summed E-state index contributed by atoms with van der Waals surface area (Å²) in [6.07, 6.45) is 10.4. The SMILES string of the molecule is CCC=CCOc1ccc(-c2ccc(-c3ccc(OCC=CCC)cc3)s2)cc1. The number of hydrogen-bond acceptors (Lipinski definition) is 3. The van der Waals surface area contributed by atoms with E-state index in [9.17, 15) is 0 Å². The van der Waals surface area contributed by atoms with E-state index in [0.29, 0.717) is 13.2 Å². The Labute approximate surface area is 178 Å². The van der Waals surface area contributed by atoms with Gasteiger partial charge in [-0.3, -0.25) is 0 Å². The Balaban J connectivity index is 1.61. The number of thiophene rings is 1. The second-order valence-electron chi connectivity index (χ2n) is 6.59. The van der Waals surface area contributed by atoms with Crippen LogP contribution in [-0.2, 0) is 0 Å². The minimum Gasteiger partial charge on any atom is -0.490 e. The third-order valence-corrected chi connectivity index (χ3v) is 5.56. The molecule has 0 N–H and O–H groups in total. The van der Waals surface area contributed by atoms with Crippen LogP contribution in [0.15, 0.2) is 85.0 Å². The smallest absolute Gasteiger partial charge is 0.119 e. The summed E-state index contributed by atoms with van der Waals surface area (Å²) in [7, 11) is 0. The number of benzene rings is 2. The molecule has 0 saturated heterocycles. The van der Waals surface area contributed by atoms with Gasteiger partial charge in [0.05, 0.1) is 0 Å². The third kappa shape index (κ3) is 6.37. The van der Waals surface area contributed by atoms with E-state index in [0.717, 1.165) is 24.3 Å². The van der Waals surface area contributed by atoms with Gasteiger partial charge in [0.1, 0.15) is 24.7 Å². The first-order valence-electron chi connectivity index (χ1n) is 10.2. The quantitative estimate of drug-likeness (QED) is 0.321. The molecule has 2 aromatic carbocycles. The monoisotopic (exact) mass is 404 g/mol. The van der Waals surface area contributed by atoms with Crippen LogP contribution in [0.5, 0.6) is 11.5 Å². The molecule has 0 spiro atoms. The van der Waals surface area contributed by atoms with Crippen molar-refractivity contribution in [3.05, 3.63) is 85.0 Å². The zero-order valence-electron chi connectivity index (χ0n) is 17.1. The van der Waals surface area contributed by atoms with Gasteiger partial charge in [0.15, 0.2) is 0 Å². The molecular formula is C26H28O2S. The first kappa shape index (κ1) is 20.9. The van der Waals surface area contributed by atoms with Crippen LogP contribution in [0, 0.1) is 0 Å². The van der Waals surface area contributed by atoms with Crippen LogP contribution < -0.4 is 9.47 Å². The summed E-state index contributed by atoms with van der Waals surface area (Å²) in [6.45, 7) is 5.47. The predicted molar refractivity (Wildman–Crippen MR) is 125 cm³/mol. The Morgan fingerprint density at radius 3 is 1.38 bits per heavy atom. The van der Waals surface area contributed by atoms with E-state index in [1.54, 1.807) is 11.3 Å². The highest BCUT2D eigenvalue weighted by Gasteiger charge is 2.06. The normalized spacial score (nSPS) is 11.4. The molecule has 1 aromatic heterocycles. The van der Waals surface area contributed by atoms with E-state index in [2.05, 4.69) is 74.5 Å². The standard InChI is InChI=1S/C26H28O2S/c1-3-5-7-19-27-23-13-9-21(10-14-23)25-17-18-26(29-25)22-11-15-24(16-12-22)28-20-8-6-4-2/h5-18H,3-4,19-20H2,1-2H3. The van der Waals surface area contributed by atoms with Crippen LogP contribution in [0.4, 0.5) is 0 Å². The zero-order chi connectivity index (χ0) is 20.3. The molecule has 0 amide bonds. The Morgan fingerprint density at radius 2 is 1.00 bits per heavy atom. The summed E-state index contributed by atoms with van der Waals surface area (Å²) < 4.78 is 11.5. The van der Waals surface area contributed by atoms with E-state index >= 15 is 0 Å². The van der Waals surface area contributed by atoms with E-state index in [1.165, 1.54) is 20.9 Å². The van der Waals surface area contributed by atoms with Gasteiger partial charge in [0.2, 0.25) is 0 Å². The Bertz CT molecular complexity index is 842. The van der Waals surface area contributed by atoms with Crippen molar-refractivity contribution < 1.29 is 9.47 Å². The predicted octanol–water partition coefficient (Wildman–Crippen LogP) is 7.77. The Kier molecular flexibility index (Phi) is 8.14. The lowest BCUT2D eigenvalue weighted by Gasteiger charge is -2.05. The van der Waals surface area contributed by atoms with Gasteiger partial charge < -0.3 is 9.47 Å². The van der Waals surface area contributed by atoms with Gasteiger partial charge in [0, 0.05) is 9.75 Å². The van der Waals surface area contributed by atoms with E-state index in [-0.39, 0.29) is 0 Å². The fourth-order valence-corrected chi connectivity index (χ4v) is 3.85. The lowest BCUT2D eigenvalue weighted by molar-refractivity contribution is 0.362. The van der Waals surface area contributed by atoms with Gasteiger partial charge in [-0.1, -0.05) is 38.2 Å². The molecule has 0 saturated carbocycles. The molecule has 0 aliphatic heterocycles. The van der Waals surface area contributed by atoms with Crippen LogP contribution in [-0.4, -0.2) is 13.2 Å². The molecule has 0 radical (unpaired) electrons. The molecule has 150 valence electrons. The van der Waals surface area contributed by atoms with Crippen LogP contribution >= 0.6 is 11.3 Å². The lowest BCUT2D eigenvalue weighted by Crippen LogP contribution is -1.92. The summed E-state index contributed by atoms with van der Waals surface area (Å²) in [5, 5.41) is 0. The molecule has 0 atom stereocenters. The van der Waals surface area contributed by atoms with Crippen LogP contribution in [0.1, 0.15) is 26.7 Å². The molecule has 0 aliphatic carbocycles. The summed E-state index contributed by atoms with van der Waals surface area (Å²) in [5.74, 6) is 1.80. The van der Waals surface area contributed by atoms with E-state index < -0.39 is 0 Å². The Hall–Kier alpha value is -2.78. The molecule has 3 aromatic rings. The number of ether oxygens (including phenoxy) is 2. The van der Waals surface area contributed by atoms with E-state index in [1.807, 2.05) is 24.3 Å².